The van der Waals surface area contributed by atoms with Gasteiger partial charge >= 0.3 is 11.9 Å². The lowest BCUT2D eigenvalue weighted by molar-refractivity contribution is -0.141. The third-order valence-corrected chi connectivity index (χ3v) is 4.09. The van der Waals surface area contributed by atoms with E-state index < -0.39 is 11.9 Å². The Morgan fingerprint density at radius 1 is 1.00 bits per heavy atom. The number of halogens is 2. The molecule has 0 N–H and O–H groups in total. The minimum Gasteiger partial charge on any atom is -0.461 e. The molecule has 0 heterocycles. The average molecular weight is 433 g/mol. The van der Waals surface area contributed by atoms with Crippen LogP contribution in [0.3, 0.4) is 0 Å². The second-order valence-corrected chi connectivity index (χ2v) is 6.48. The molecule has 0 atom stereocenters. The van der Waals surface area contributed by atoms with Crippen molar-refractivity contribution < 1.29 is 19.1 Å². The van der Waals surface area contributed by atoms with Crippen molar-refractivity contribution in [3.63, 3.8) is 0 Å². The molecule has 0 fully saturated rings. The number of rotatable bonds is 6. The molecule has 0 radical (unpaired) electrons. The molecule has 0 aliphatic rings. The van der Waals surface area contributed by atoms with E-state index in [0.717, 1.165) is 0 Å². The molecule has 18 heavy (non-hydrogen) atoms. The maximum Gasteiger partial charge on any atom is 0.346 e. The number of carbonyl (C=O) groups is 2. The minimum atomic E-state index is -0.547. The molecule has 6 heteroatoms. The van der Waals surface area contributed by atoms with E-state index in [0.29, 0.717) is 13.2 Å². The van der Waals surface area contributed by atoms with Crippen molar-refractivity contribution in [3.8, 4) is 0 Å². The van der Waals surface area contributed by atoms with Gasteiger partial charge in [-0.1, -0.05) is 27.7 Å². The first-order valence-electron chi connectivity index (χ1n) is 5.65. The van der Waals surface area contributed by atoms with E-state index in [1.54, 1.807) is 22.6 Å². The zero-order valence-electron chi connectivity index (χ0n) is 11.0. The van der Waals surface area contributed by atoms with Crippen molar-refractivity contribution in [2.45, 2.75) is 27.7 Å². The number of carbonyl (C=O) groups excluding carboxylic acids is 2. The molecular weight excluding hydrogens is 415 g/mol. The normalized spacial score (nSPS) is 12.4. The van der Waals surface area contributed by atoms with Crippen molar-refractivity contribution in [1.29, 1.82) is 0 Å². The van der Waals surface area contributed by atoms with E-state index in [-0.39, 0.29) is 19.9 Å². The highest BCUT2D eigenvalue weighted by Crippen LogP contribution is 2.22. The van der Waals surface area contributed by atoms with E-state index in [4.69, 9.17) is 9.47 Å². The fourth-order valence-electron chi connectivity index (χ4n) is 0.791. The molecule has 0 spiro atoms. The van der Waals surface area contributed by atoms with Crippen LogP contribution in [0.15, 0.2) is 8.06 Å². The lowest BCUT2D eigenvalue weighted by Gasteiger charge is -2.09. The Morgan fingerprint density at radius 2 is 1.39 bits per heavy atom. The van der Waals surface area contributed by atoms with Crippen LogP contribution in [0.5, 0.6) is 0 Å². The van der Waals surface area contributed by atoms with E-state index in [1.807, 2.05) is 27.7 Å². The summed E-state index contributed by atoms with van der Waals surface area (Å²) in [6, 6.07) is 0. The van der Waals surface area contributed by atoms with E-state index in [1.165, 1.54) is 0 Å². The Bertz CT molecular complexity index is 305. The summed E-state index contributed by atoms with van der Waals surface area (Å²) >= 11 is 4.83. The first-order chi connectivity index (χ1) is 8.25. The molecule has 0 aliphatic heterocycles. The van der Waals surface area contributed by atoms with Crippen LogP contribution >= 0.6 is 38.5 Å². The molecule has 0 aliphatic carbocycles. The highest BCUT2D eigenvalue weighted by atomic mass is 127. The van der Waals surface area contributed by atoms with Crippen molar-refractivity contribution in [1.82, 2.24) is 0 Å². The van der Waals surface area contributed by atoms with Crippen LogP contribution in [0.2, 0.25) is 0 Å². The zero-order valence-corrected chi connectivity index (χ0v) is 14.7. The first kappa shape index (κ1) is 17.9. The monoisotopic (exact) mass is 432 g/mol. The molecular formula is C12H18BrIO4. The quantitative estimate of drug-likeness (QED) is 0.366. The third kappa shape index (κ3) is 7.35. The summed E-state index contributed by atoms with van der Waals surface area (Å²) in [6.07, 6.45) is 0. The zero-order chi connectivity index (χ0) is 14.3. The fourth-order valence-corrected chi connectivity index (χ4v) is 1.44. The largest absolute Gasteiger partial charge is 0.461 e. The maximum atomic E-state index is 11.6. The molecule has 0 amide bonds. The highest BCUT2D eigenvalue weighted by molar-refractivity contribution is 14.1. The van der Waals surface area contributed by atoms with Gasteiger partial charge in [-0.3, -0.25) is 0 Å². The summed E-state index contributed by atoms with van der Waals surface area (Å²) in [5, 5.41) is 0. The SMILES string of the molecule is CC(C)COC(=O)/C(Br)=C(/I)C(=O)OCC(C)C. The Balaban J connectivity index is 4.49. The van der Waals surface area contributed by atoms with Crippen LogP contribution in [-0.4, -0.2) is 25.2 Å². The van der Waals surface area contributed by atoms with Gasteiger partial charge in [0, 0.05) is 0 Å². The predicted octanol–water partition coefficient (Wildman–Crippen LogP) is 3.43. The summed E-state index contributed by atoms with van der Waals surface area (Å²) in [5.41, 5.74) is 0. The standard InChI is InChI=1S/C12H18BrIO4/c1-7(2)5-17-11(15)9(13)10(14)12(16)18-6-8(3)4/h7-8H,5-6H2,1-4H3/b10-9-. The molecule has 104 valence electrons. The van der Waals surface area contributed by atoms with Crippen molar-refractivity contribution in [3.05, 3.63) is 8.06 Å². The van der Waals surface area contributed by atoms with Crippen LogP contribution in [0.4, 0.5) is 0 Å². The number of hydrogen-bond donors (Lipinski definition) is 0. The van der Waals surface area contributed by atoms with Crippen LogP contribution in [0, 0.1) is 11.8 Å². The van der Waals surface area contributed by atoms with Gasteiger partial charge in [-0.05, 0) is 50.4 Å². The predicted molar refractivity (Wildman–Crippen MR) is 81.6 cm³/mol. The summed E-state index contributed by atoms with van der Waals surface area (Å²) in [5.74, 6) is -0.558. The number of hydrogen-bond acceptors (Lipinski definition) is 4. The fraction of sp³-hybridized carbons (Fsp3) is 0.667. The Labute approximate surface area is 130 Å². The molecule has 0 aromatic carbocycles. The average Bonchev–Trinajstić information content (AvgIpc) is 2.30. The van der Waals surface area contributed by atoms with Gasteiger partial charge in [0.2, 0.25) is 0 Å². The number of ether oxygens (including phenoxy) is 2. The molecule has 0 aromatic heterocycles. The molecule has 0 aromatic rings. The second-order valence-electron chi connectivity index (χ2n) is 4.61. The van der Waals surface area contributed by atoms with E-state index in [9.17, 15) is 9.59 Å². The first-order valence-corrected chi connectivity index (χ1v) is 7.52. The second kappa shape index (κ2) is 8.90. The van der Waals surface area contributed by atoms with Crippen LogP contribution in [0.1, 0.15) is 27.7 Å². The van der Waals surface area contributed by atoms with Gasteiger partial charge in [0.1, 0.15) is 8.06 Å². The van der Waals surface area contributed by atoms with Gasteiger partial charge in [-0.2, -0.15) is 0 Å². The van der Waals surface area contributed by atoms with E-state index >= 15 is 0 Å². The molecule has 0 saturated carbocycles. The minimum absolute atomic E-state index is 0.109. The van der Waals surface area contributed by atoms with Gasteiger partial charge in [-0.15, -0.1) is 0 Å². The Morgan fingerprint density at radius 3 is 1.78 bits per heavy atom. The maximum absolute atomic E-state index is 11.6. The van der Waals surface area contributed by atoms with Gasteiger partial charge in [0.05, 0.1) is 13.2 Å². The van der Waals surface area contributed by atoms with Crippen molar-refractivity contribution >= 4 is 50.5 Å². The van der Waals surface area contributed by atoms with Gasteiger partial charge in [-0.25, -0.2) is 9.59 Å². The smallest absolute Gasteiger partial charge is 0.346 e. The van der Waals surface area contributed by atoms with Crippen molar-refractivity contribution in [2.75, 3.05) is 13.2 Å². The third-order valence-electron chi connectivity index (χ3n) is 1.65. The molecule has 0 saturated heterocycles. The van der Waals surface area contributed by atoms with Gasteiger partial charge in [0.25, 0.3) is 0 Å². The Hall–Kier alpha value is -0.110. The van der Waals surface area contributed by atoms with Crippen LogP contribution < -0.4 is 0 Å². The van der Waals surface area contributed by atoms with E-state index in [2.05, 4.69) is 15.9 Å². The van der Waals surface area contributed by atoms with Crippen molar-refractivity contribution in [2.24, 2.45) is 11.8 Å². The summed E-state index contributed by atoms with van der Waals surface area (Å²) in [7, 11) is 0. The van der Waals surface area contributed by atoms with Crippen LogP contribution in [-0.2, 0) is 19.1 Å². The summed E-state index contributed by atoms with van der Waals surface area (Å²) < 4.78 is 10.3. The van der Waals surface area contributed by atoms with Gasteiger partial charge in [0.15, 0.2) is 0 Å². The highest BCUT2D eigenvalue weighted by Gasteiger charge is 2.19. The topological polar surface area (TPSA) is 52.6 Å². The molecule has 0 unspecified atom stereocenters. The lowest BCUT2D eigenvalue weighted by atomic mass is 10.2. The lowest BCUT2D eigenvalue weighted by Crippen LogP contribution is -2.14. The summed E-state index contributed by atoms with van der Waals surface area (Å²) in [4.78, 5) is 23.2. The van der Waals surface area contributed by atoms with Crippen LogP contribution in [0.25, 0.3) is 0 Å². The summed E-state index contributed by atoms with van der Waals surface area (Å²) in [6.45, 7) is 8.40. The Kier molecular flexibility index (Phi) is 8.85. The molecule has 4 nitrogen and oxygen atoms in total. The molecule has 0 rings (SSSR count). The number of esters is 2. The molecule has 0 bridgehead atoms. The van der Waals surface area contributed by atoms with Gasteiger partial charge < -0.3 is 9.47 Å².